The van der Waals surface area contributed by atoms with E-state index in [1.165, 1.54) is 18.3 Å². The number of nitriles is 2. The van der Waals surface area contributed by atoms with Crippen molar-refractivity contribution < 1.29 is 19.1 Å². The smallest absolute Gasteiger partial charge is 0.371 e. The molecule has 1 heterocycles. The summed E-state index contributed by atoms with van der Waals surface area (Å²) in [5.74, 6) is -0.602. The first kappa shape index (κ1) is 16.9. The number of rotatable bonds is 6. The number of hydrogen-bond donors (Lipinski definition) is 2. The summed E-state index contributed by atoms with van der Waals surface area (Å²) in [6.45, 7) is 0.0205. The first-order chi connectivity index (χ1) is 11.5. The van der Waals surface area contributed by atoms with Crippen molar-refractivity contribution in [1.29, 1.82) is 10.5 Å². The number of aromatic carboxylic acids is 1. The van der Waals surface area contributed by atoms with Crippen LogP contribution in [0.1, 0.15) is 16.3 Å². The molecular weight excluding hydrogens is 334 g/mol. The second-order valence-electron chi connectivity index (χ2n) is 4.43. The number of nitrogens with one attached hydrogen (secondary N) is 1. The van der Waals surface area contributed by atoms with Crippen molar-refractivity contribution in [3.8, 4) is 17.9 Å². The van der Waals surface area contributed by atoms with E-state index in [4.69, 9.17) is 36.4 Å². The largest absolute Gasteiger partial charge is 0.484 e. The highest BCUT2D eigenvalue weighted by Gasteiger charge is 2.10. The van der Waals surface area contributed by atoms with Crippen LogP contribution < -0.4 is 10.1 Å². The fourth-order valence-electron chi connectivity index (χ4n) is 1.67. The van der Waals surface area contributed by atoms with Gasteiger partial charge in [0, 0.05) is 11.9 Å². The maximum atomic E-state index is 10.7. The van der Waals surface area contributed by atoms with Gasteiger partial charge in [-0.15, -0.1) is 0 Å². The van der Waals surface area contributed by atoms with Crippen molar-refractivity contribution in [2.24, 2.45) is 0 Å². The quantitative estimate of drug-likeness (QED) is 0.769. The monoisotopic (exact) mass is 343 g/mol. The molecule has 0 amide bonds. The Labute approximate surface area is 141 Å². The molecule has 0 radical (unpaired) electrons. The number of nitrogens with zero attached hydrogens (tertiary/aromatic N) is 2. The van der Waals surface area contributed by atoms with Crippen LogP contribution in [0.3, 0.4) is 0 Å². The SMILES string of the molecule is N#CC(C#N)=CNc1ccc(OCc2ccc(C(=O)O)o2)c(Cl)c1. The van der Waals surface area contributed by atoms with Crippen LogP contribution in [-0.4, -0.2) is 11.1 Å². The van der Waals surface area contributed by atoms with Crippen LogP contribution in [0.15, 0.2) is 46.5 Å². The van der Waals surface area contributed by atoms with Crippen LogP contribution in [-0.2, 0) is 6.61 Å². The highest BCUT2D eigenvalue weighted by Crippen LogP contribution is 2.28. The van der Waals surface area contributed by atoms with Gasteiger partial charge in [0.25, 0.3) is 0 Å². The van der Waals surface area contributed by atoms with Gasteiger partial charge in [0.1, 0.15) is 35.8 Å². The number of halogens is 1. The fourth-order valence-corrected chi connectivity index (χ4v) is 1.91. The van der Waals surface area contributed by atoms with E-state index in [1.807, 2.05) is 0 Å². The van der Waals surface area contributed by atoms with Gasteiger partial charge in [0.05, 0.1) is 5.02 Å². The minimum Gasteiger partial charge on any atom is -0.484 e. The van der Waals surface area contributed by atoms with Crippen molar-refractivity contribution in [2.45, 2.75) is 6.61 Å². The lowest BCUT2D eigenvalue weighted by Gasteiger charge is -2.08. The molecule has 2 aromatic rings. The molecule has 2 N–H and O–H groups in total. The average Bonchev–Trinajstić information content (AvgIpc) is 3.04. The first-order valence-corrected chi connectivity index (χ1v) is 6.92. The molecule has 0 saturated heterocycles. The highest BCUT2D eigenvalue weighted by molar-refractivity contribution is 6.32. The molecule has 7 nitrogen and oxygen atoms in total. The molecule has 0 unspecified atom stereocenters. The van der Waals surface area contributed by atoms with Crippen LogP contribution in [0.25, 0.3) is 0 Å². The van der Waals surface area contributed by atoms with E-state index in [-0.39, 0.29) is 17.9 Å². The molecular formula is C16H10ClN3O4. The predicted octanol–water partition coefficient (Wildman–Crippen LogP) is 3.55. The summed E-state index contributed by atoms with van der Waals surface area (Å²) in [7, 11) is 0. The number of allylic oxidation sites excluding steroid dienone is 1. The summed E-state index contributed by atoms with van der Waals surface area (Å²) in [6, 6.07) is 11.1. The second kappa shape index (κ2) is 7.73. The van der Waals surface area contributed by atoms with E-state index in [0.717, 1.165) is 0 Å². The predicted molar refractivity (Wildman–Crippen MR) is 84.4 cm³/mol. The van der Waals surface area contributed by atoms with Gasteiger partial charge >= 0.3 is 5.97 Å². The summed E-state index contributed by atoms with van der Waals surface area (Å²) < 4.78 is 10.5. The third-order valence-corrected chi connectivity index (χ3v) is 3.09. The van der Waals surface area contributed by atoms with Crippen LogP contribution in [0.4, 0.5) is 5.69 Å². The molecule has 0 bridgehead atoms. The van der Waals surface area contributed by atoms with Crippen LogP contribution in [0.2, 0.25) is 5.02 Å². The molecule has 1 aromatic carbocycles. The number of carbonyl (C=O) groups is 1. The third-order valence-electron chi connectivity index (χ3n) is 2.80. The zero-order valence-corrected chi connectivity index (χ0v) is 12.9. The Morgan fingerprint density at radius 2 is 2.08 bits per heavy atom. The van der Waals surface area contributed by atoms with Gasteiger partial charge in [0.2, 0.25) is 5.76 Å². The molecule has 8 heteroatoms. The number of carboxylic acid groups (broad SMARTS) is 1. The van der Waals surface area contributed by atoms with E-state index in [2.05, 4.69) is 5.32 Å². The number of benzene rings is 1. The van der Waals surface area contributed by atoms with E-state index in [1.54, 1.807) is 30.3 Å². The summed E-state index contributed by atoms with van der Waals surface area (Å²) in [5, 5.41) is 29.1. The molecule has 1 aromatic heterocycles. The van der Waals surface area contributed by atoms with E-state index < -0.39 is 5.97 Å². The molecule has 0 atom stereocenters. The standard InChI is InChI=1S/C16H10ClN3O4/c17-13-5-11(20-8-10(6-18)7-19)1-3-14(13)23-9-12-2-4-15(24-12)16(21)22/h1-5,8,20H,9H2,(H,21,22). The van der Waals surface area contributed by atoms with Gasteiger partial charge < -0.3 is 19.6 Å². The summed E-state index contributed by atoms with van der Waals surface area (Å²) in [5.41, 5.74) is 0.500. The molecule has 0 fully saturated rings. The maximum Gasteiger partial charge on any atom is 0.371 e. The van der Waals surface area contributed by atoms with Gasteiger partial charge in [-0.3, -0.25) is 0 Å². The second-order valence-corrected chi connectivity index (χ2v) is 4.84. The number of ether oxygens (including phenoxy) is 1. The third kappa shape index (κ3) is 4.29. The minimum absolute atomic E-state index is 0.0205. The molecule has 0 spiro atoms. The Hall–Kier alpha value is -3.42. The zero-order valence-electron chi connectivity index (χ0n) is 12.1. The summed E-state index contributed by atoms with van der Waals surface area (Å²) >= 11 is 6.09. The van der Waals surface area contributed by atoms with Gasteiger partial charge in [-0.05, 0) is 30.3 Å². The van der Waals surface area contributed by atoms with Crippen LogP contribution in [0.5, 0.6) is 5.75 Å². The molecule has 120 valence electrons. The normalized spacial score (nSPS) is 9.46. The molecule has 0 saturated carbocycles. The van der Waals surface area contributed by atoms with Crippen molar-refractivity contribution in [3.05, 3.63) is 58.6 Å². The molecule has 0 aliphatic heterocycles. The molecule has 0 aliphatic rings. The Balaban J connectivity index is 2.02. The van der Waals surface area contributed by atoms with Crippen LogP contribution in [0, 0.1) is 22.7 Å². The first-order valence-electron chi connectivity index (χ1n) is 6.54. The fraction of sp³-hybridized carbons (Fsp3) is 0.0625. The topological polar surface area (TPSA) is 119 Å². The van der Waals surface area contributed by atoms with Crippen molar-refractivity contribution in [2.75, 3.05) is 5.32 Å². The van der Waals surface area contributed by atoms with Crippen molar-refractivity contribution in [1.82, 2.24) is 0 Å². The van der Waals surface area contributed by atoms with Gasteiger partial charge in [-0.25, -0.2) is 4.79 Å². The Bertz CT molecular complexity index is 858. The minimum atomic E-state index is -1.16. The Morgan fingerprint density at radius 3 is 2.67 bits per heavy atom. The van der Waals surface area contributed by atoms with E-state index in [0.29, 0.717) is 22.2 Å². The van der Waals surface area contributed by atoms with Gasteiger partial charge in [-0.2, -0.15) is 10.5 Å². The molecule has 24 heavy (non-hydrogen) atoms. The van der Waals surface area contributed by atoms with E-state index >= 15 is 0 Å². The lowest BCUT2D eigenvalue weighted by molar-refractivity contribution is 0.0658. The number of carboxylic acids is 1. The lowest BCUT2D eigenvalue weighted by Crippen LogP contribution is -1.96. The molecule has 2 rings (SSSR count). The number of anilines is 1. The average molecular weight is 344 g/mol. The summed E-state index contributed by atoms with van der Waals surface area (Å²) in [6.07, 6.45) is 1.27. The molecule has 0 aliphatic carbocycles. The van der Waals surface area contributed by atoms with E-state index in [9.17, 15) is 4.79 Å². The maximum absolute atomic E-state index is 10.7. The summed E-state index contributed by atoms with van der Waals surface area (Å²) in [4.78, 5) is 10.7. The van der Waals surface area contributed by atoms with Crippen molar-refractivity contribution in [3.63, 3.8) is 0 Å². The Kier molecular flexibility index (Phi) is 5.45. The van der Waals surface area contributed by atoms with Crippen molar-refractivity contribution >= 4 is 23.3 Å². The number of furan rings is 1. The lowest BCUT2D eigenvalue weighted by atomic mass is 10.3. The zero-order chi connectivity index (χ0) is 17.5. The highest BCUT2D eigenvalue weighted by atomic mass is 35.5. The van der Waals surface area contributed by atoms with Crippen LogP contribution >= 0.6 is 11.6 Å². The number of hydrogen-bond acceptors (Lipinski definition) is 6. The van der Waals surface area contributed by atoms with Gasteiger partial charge in [0.15, 0.2) is 0 Å². The van der Waals surface area contributed by atoms with Gasteiger partial charge in [-0.1, -0.05) is 11.6 Å². The Morgan fingerprint density at radius 1 is 1.33 bits per heavy atom.